The monoisotopic (exact) mass is 308 g/mol. The van der Waals surface area contributed by atoms with Crippen LogP contribution in [0.3, 0.4) is 0 Å². The van der Waals surface area contributed by atoms with Crippen LogP contribution >= 0.6 is 15.9 Å². The van der Waals surface area contributed by atoms with Crippen molar-refractivity contribution in [1.29, 1.82) is 0 Å². The fraction of sp³-hybridized carbons (Fsp3) is 0. The van der Waals surface area contributed by atoms with Crippen molar-refractivity contribution in [1.82, 2.24) is 5.43 Å². The van der Waals surface area contributed by atoms with E-state index in [2.05, 4.69) is 26.5 Å². The lowest BCUT2D eigenvalue weighted by Crippen LogP contribution is -2.16. The molecule has 1 aromatic carbocycles. The number of nitrogens with one attached hydrogen (secondary N) is 1. The summed E-state index contributed by atoms with van der Waals surface area (Å²) in [5.41, 5.74) is 3.06. The van der Waals surface area contributed by atoms with E-state index >= 15 is 0 Å². The van der Waals surface area contributed by atoms with E-state index in [-0.39, 0.29) is 11.5 Å². The summed E-state index contributed by atoms with van der Waals surface area (Å²) in [7, 11) is 0. The van der Waals surface area contributed by atoms with Gasteiger partial charge >= 0.3 is 5.91 Å². The number of benzene rings is 1. The molecular weight excluding hydrogens is 300 g/mol. The third kappa shape index (κ3) is 2.98. The number of carbonyl (C=O) groups excluding carboxylic acids is 1. The Morgan fingerprint density at radius 1 is 1.44 bits per heavy atom. The number of phenolic OH excluding ortho intramolecular Hbond substituents is 1. The van der Waals surface area contributed by atoms with Crippen LogP contribution in [0.2, 0.25) is 0 Å². The zero-order chi connectivity index (χ0) is 13.0. The molecule has 2 rings (SSSR count). The van der Waals surface area contributed by atoms with Gasteiger partial charge in [-0.3, -0.25) is 4.79 Å². The molecule has 0 unspecified atom stereocenters. The quantitative estimate of drug-likeness (QED) is 0.676. The SMILES string of the molecule is O=C(N/N=C/c1ccc(O)c(Br)c1)c1ccco1. The molecule has 18 heavy (non-hydrogen) atoms. The normalized spacial score (nSPS) is 10.7. The highest BCUT2D eigenvalue weighted by atomic mass is 79.9. The topological polar surface area (TPSA) is 74.8 Å². The first-order valence-corrected chi connectivity index (χ1v) is 5.81. The van der Waals surface area contributed by atoms with Gasteiger partial charge in [-0.2, -0.15) is 5.10 Å². The number of phenols is 1. The Hall–Kier alpha value is -2.08. The molecule has 2 N–H and O–H groups in total. The van der Waals surface area contributed by atoms with Crippen LogP contribution in [0, 0.1) is 0 Å². The summed E-state index contributed by atoms with van der Waals surface area (Å²) in [6, 6.07) is 8.04. The Bertz CT molecular complexity index is 579. The summed E-state index contributed by atoms with van der Waals surface area (Å²) in [6.07, 6.45) is 2.88. The molecule has 5 nitrogen and oxygen atoms in total. The van der Waals surface area contributed by atoms with E-state index in [0.717, 1.165) is 5.56 Å². The van der Waals surface area contributed by atoms with E-state index in [1.807, 2.05) is 0 Å². The summed E-state index contributed by atoms with van der Waals surface area (Å²) in [5.74, 6) is -0.0834. The number of furan rings is 1. The second-order valence-electron chi connectivity index (χ2n) is 3.39. The van der Waals surface area contributed by atoms with Crippen LogP contribution in [0.25, 0.3) is 0 Å². The van der Waals surface area contributed by atoms with Crippen LogP contribution in [-0.4, -0.2) is 17.2 Å². The Morgan fingerprint density at radius 2 is 2.28 bits per heavy atom. The molecule has 1 amide bonds. The number of hydrogen-bond donors (Lipinski definition) is 2. The van der Waals surface area contributed by atoms with E-state index < -0.39 is 5.91 Å². The third-order valence-electron chi connectivity index (χ3n) is 2.10. The van der Waals surface area contributed by atoms with Crippen LogP contribution in [0.4, 0.5) is 0 Å². The molecule has 6 heteroatoms. The second-order valence-corrected chi connectivity index (χ2v) is 4.24. The van der Waals surface area contributed by atoms with Gasteiger partial charge in [-0.1, -0.05) is 0 Å². The molecule has 0 spiro atoms. The number of halogens is 1. The molecule has 0 bridgehead atoms. The summed E-state index contributed by atoms with van der Waals surface area (Å²) in [6.45, 7) is 0. The van der Waals surface area contributed by atoms with Crippen molar-refractivity contribution < 1.29 is 14.3 Å². The number of rotatable bonds is 3. The van der Waals surface area contributed by atoms with Crippen LogP contribution < -0.4 is 5.43 Å². The average Bonchev–Trinajstić information content (AvgIpc) is 2.87. The van der Waals surface area contributed by atoms with Gasteiger partial charge in [0.1, 0.15) is 5.75 Å². The van der Waals surface area contributed by atoms with Crippen LogP contribution in [-0.2, 0) is 0 Å². The minimum atomic E-state index is -0.422. The van der Waals surface area contributed by atoms with Gasteiger partial charge in [0.25, 0.3) is 0 Å². The second kappa shape index (κ2) is 5.50. The van der Waals surface area contributed by atoms with E-state index in [4.69, 9.17) is 4.42 Å². The highest BCUT2D eigenvalue weighted by Crippen LogP contribution is 2.23. The van der Waals surface area contributed by atoms with Gasteiger partial charge in [-0.15, -0.1) is 0 Å². The first kappa shape index (κ1) is 12.4. The highest BCUT2D eigenvalue weighted by Gasteiger charge is 2.05. The molecule has 0 atom stereocenters. The maximum atomic E-state index is 11.4. The molecule has 92 valence electrons. The zero-order valence-corrected chi connectivity index (χ0v) is 10.7. The van der Waals surface area contributed by atoms with E-state index in [1.54, 1.807) is 24.3 Å². The Balaban J connectivity index is 1.99. The minimum absolute atomic E-state index is 0.145. The van der Waals surface area contributed by atoms with Crippen molar-refractivity contribution in [2.24, 2.45) is 5.10 Å². The smallest absolute Gasteiger partial charge is 0.307 e. The zero-order valence-electron chi connectivity index (χ0n) is 9.13. The van der Waals surface area contributed by atoms with Gasteiger partial charge in [0.15, 0.2) is 5.76 Å². The predicted octanol–water partition coefficient (Wildman–Crippen LogP) is 2.51. The van der Waals surface area contributed by atoms with Crippen molar-refractivity contribution in [3.63, 3.8) is 0 Å². The first-order chi connectivity index (χ1) is 8.66. The summed E-state index contributed by atoms with van der Waals surface area (Å²) >= 11 is 3.18. The molecule has 1 aromatic heterocycles. The van der Waals surface area contributed by atoms with Crippen molar-refractivity contribution >= 4 is 28.1 Å². The van der Waals surface area contributed by atoms with Crippen molar-refractivity contribution in [2.75, 3.05) is 0 Å². The molecule has 0 radical (unpaired) electrons. The van der Waals surface area contributed by atoms with Crippen LogP contribution in [0.1, 0.15) is 16.1 Å². The van der Waals surface area contributed by atoms with Gasteiger partial charge in [0.05, 0.1) is 17.0 Å². The molecule has 1 heterocycles. The highest BCUT2D eigenvalue weighted by molar-refractivity contribution is 9.10. The molecule has 0 fully saturated rings. The van der Waals surface area contributed by atoms with Gasteiger partial charge in [-0.05, 0) is 51.8 Å². The molecule has 2 aromatic rings. The minimum Gasteiger partial charge on any atom is -0.507 e. The van der Waals surface area contributed by atoms with Gasteiger partial charge in [-0.25, -0.2) is 5.43 Å². The summed E-state index contributed by atoms with van der Waals surface area (Å²) < 4.78 is 5.47. The van der Waals surface area contributed by atoms with Gasteiger partial charge < -0.3 is 9.52 Å². The Morgan fingerprint density at radius 3 is 2.94 bits per heavy atom. The third-order valence-corrected chi connectivity index (χ3v) is 2.73. The fourth-order valence-corrected chi connectivity index (χ4v) is 1.63. The van der Waals surface area contributed by atoms with E-state index in [0.29, 0.717) is 4.47 Å². The lowest BCUT2D eigenvalue weighted by molar-refractivity contribution is 0.0927. The predicted molar refractivity (Wildman–Crippen MR) is 69.6 cm³/mol. The molecule has 0 aliphatic carbocycles. The average molecular weight is 309 g/mol. The van der Waals surface area contributed by atoms with Gasteiger partial charge in [0, 0.05) is 0 Å². The molecule has 0 saturated carbocycles. The molecular formula is C12H9BrN2O3. The van der Waals surface area contributed by atoms with Crippen LogP contribution in [0.5, 0.6) is 5.75 Å². The standard InChI is InChI=1S/C12H9BrN2O3/c13-9-6-8(3-4-10(9)16)7-14-15-12(17)11-2-1-5-18-11/h1-7,16H,(H,15,17)/b14-7+. The van der Waals surface area contributed by atoms with E-state index in [9.17, 15) is 9.90 Å². The molecule has 0 saturated heterocycles. The van der Waals surface area contributed by atoms with Crippen LogP contribution in [0.15, 0.2) is 50.6 Å². The summed E-state index contributed by atoms with van der Waals surface area (Å²) in [5, 5.41) is 13.1. The van der Waals surface area contributed by atoms with E-state index in [1.165, 1.54) is 18.5 Å². The number of amides is 1. The lowest BCUT2D eigenvalue weighted by atomic mass is 10.2. The van der Waals surface area contributed by atoms with Crippen molar-refractivity contribution in [2.45, 2.75) is 0 Å². The number of hydrogen-bond acceptors (Lipinski definition) is 4. The molecule has 0 aliphatic rings. The largest absolute Gasteiger partial charge is 0.507 e. The number of hydrazone groups is 1. The fourth-order valence-electron chi connectivity index (χ4n) is 1.23. The van der Waals surface area contributed by atoms with Gasteiger partial charge in [0.2, 0.25) is 0 Å². The summed E-state index contributed by atoms with van der Waals surface area (Å²) in [4.78, 5) is 11.4. The number of aromatic hydroxyl groups is 1. The van der Waals surface area contributed by atoms with Crippen molar-refractivity contribution in [3.05, 3.63) is 52.4 Å². The lowest BCUT2D eigenvalue weighted by Gasteiger charge is -1.98. The molecule has 0 aliphatic heterocycles. The number of carbonyl (C=O) groups is 1. The maximum absolute atomic E-state index is 11.4. The maximum Gasteiger partial charge on any atom is 0.307 e. The van der Waals surface area contributed by atoms with Crippen molar-refractivity contribution in [3.8, 4) is 5.75 Å². The Kier molecular flexibility index (Phi) is 3.78. The number of nitrogens with zero attached hydrogens (tertiary/aromatic N) is 1. The Labute approximate surface area is 111 Å². The first-order valence-electron chi connectivity index (χ1n) is 5.02.